The molecule has 0 radical (unpaired) electrons. The van der Waals surface area contributed by atoms with Crippen LogP contribution in [0.5, 0.6) is 0 Å². The number of benzene rings is 2. The van der Waals surface area contributed by atoms with Crippen LogP contribution in [-0.4, -0.2) is 4.21 Å². The van der Waals surface area contributed by atoms with E-state index in [-0.39, 0.29) is 0 Å². The first-order chi connectivity index (χ1) is 9.79. The highest BCUT2D eigenvalue weighted by Crippen LogP contribution is 2.31. The van der Waals surface area contributed by atoms with E-state index in [0.717, 1.165) is 23.5 Å². The second-order valence-corrected chi connectivity index (χ2v) is 6.54. The van der Waals surface area contributed by atoms with Gasteiger partial charge >= 0.3 is 0 Å². The summed E-state index contributed by atoms with van der Waals surface area (Å²) in [5.74, 6) is 0. The van der Waals surface area contributed by atoms with E-state index in [0.29, 0.717) is 0 Å². The minimum absolute atomic E-state index is 0.733. The summed E-state index contributed by atoms with van der Waals surface area (Å²) in [5.41, 5.74) is 3.57. The third-order valence-electron chi connectivity index (χ3n) is 3.72. The maximum atomic E-state index is 12.5. The Hall–Kier alpha value is -1.61. The standard InChI is InChI=1S/C17H19NOS/c1-2-3-6-14-9-11-16(12-10-14)18-13-15-7-4-5-8-17(15)20(18)19/h4-5,7-12H,2-3,6,13H2,1H3. The third-order valence-corrected chi connectivity index (χ3v) is 5.23. The molecule has 0 fully saturated rings. The summed E-state index contributed by atoms with van der Waals surface area (Å²) in [6, 6.07) is 16.5. The molecule has 0 spiro atoms. The molecular formula is C17H19NOS. The van der Waals surface area contributed by atoms with Crippen LogP contribution in [0, 0.1) is 0 Å². The zero-order chi connectivity index (χ0) is 13.9. The largest absolute Gasteiger partial charge is 0.283 e. The van der Waals surface area contributed by atoms with Crippen molar-refractivity contribution in [2.24, 2.45) is 0 Å². The van der Waals surface area contributed by atoms with Gasteiger partial charge in [-0.25, -0.2) is 4.21 Å². The van der Waals surface area contributed by atoms with Crippen molar-refractivity contribution in [3.05, 3.63) is 59.7 Å². The molecule has 2 aromatic rings. The van der Waals surface area contributed by atoms with Crippen LogP contribution in [-0.2, 0) is 24.0 Å². The Morgan fingerprint density at radius 1 is 1.10 bits per heavy atom. The number of hydrogen-bond donors (Lipinski definition) is 0. The molecule has 0 saturated carbocycles. The molecule has 2 aromatic carbocycles. The van der Waals surface area contributed by atoms with Gasteiger partial charge in [0.05, 0.1) is 11.4 Å². The molecule has 0 amide bonds. The Kier molecular flexibility index (Phi) is 3.88. The highest BCUT2D eigenvalue weighted by atomic mass is 32.2. The Bertz CT molecular complexity index is 621. The van der Waals surface area contributed by atoms with E-state index in [4.69, 9.17) is 0 Å². The van der Waals surface area contributed by atoms with Gasteiger partial charge in [-0.15, -0.1) is 0 Å². The normalized spacial score (nSPS) is 17.2. The number of unbranched alkanes of at least 4 members (excludes halogenated alkanes) is 1. The molecule has 0 saturated heterocycles. The van der Waals surface area contributed by atoms with E-state index in [1.165, 1.54) is 24.0 Å². The average molecular weight is 285 g/mol. The van der Waals surface area contributed by atoms with Crippen LogP contribution < -0.4 is 4.31 Å². The molecule has 0 aromatic heterocycles. The van der Waals surface area contributed by atoms with Gasteiger partial charge in [0, 0.05) is 5.69 Å². The Labute approximate surface area is 123 Å². The topological polar surface area (TPSA) is 20.3 Å². The van der Waals surface area contributed by atoms with Gasteiger partial charge in [0.1, 0.15) is 0 Å². The first-order valence-corrected chi connectivity index (χ1v) is 8.26. The predicted octanol–water partition coefficient (Wildman–Crippen LogP) is 4.07. The molecule has 1 unspecified atom stereocenters. The zero-order valence-electron chi connectivity index (χ0n) is 11.7. The van der Waals surface area contributed by atoms with Gasteiger partial charge in [0.25, 0.3) is 0 Å². The van der Waals surface area contributed by atoms with E-state index < -0.39 is 11.0 Å². The first-order valence-electron chi connectivity index (χ1n) is 7.16. The molecule has 20 heavy (non-hydrogen) atoms. The molecular weight excluding hydrogens is 266 g/mol. The van der Waals surface area contributed by atoms with E-state index in [1.54, 1.807) is 0 Å². The lowest BCUT2D eigenvalue weighted by Gasteiger charge is -2.16. The number of rotatable bonds is 4. The SMILES string of the molecule is CCCCc1ccc(N2Cc3ccccc3S2=O)cc1. The monoisotopic (exact) mass is 285 g/mol. The van der Waals surface area contributed by atoms with E-state index in [9.17, 15) is 4.21 Å². The molecule has 0 bridgehead atoms. The van der Waals surface area contributed by atoms with Crippen LogP contribution >= 0.6 is 0 Å². The number of aryl methyl sites for hydroxylation is 1. The van der Waals surface area contributed by atoms with E-state index in [1.807, 2.05) is 22.5 Å². The number of anilines is 1. The fourth-order valence-corrected chi connectivity index (χ4v) is 3.89. The van der Waals surface area contributed by atoms with Crippen molar-refractivity contribution in [2.45, 2.75) is 37.6 Å². The fourth-order valence-electron chi connectivity index (χ4n) is 2.53. The summed E-state index contributed by atoms with van der Waals surface area (Å²) in [5, 5.41) is 0. The molecule has 2 nitrogen and oxygen atoms in total. The van der Waals surface area contributed by atoms with Gasteiger partial charge in [-0.05, 0) is 42.2 Å². The van der Waals surface area contributed by atoms with E-state index in [2.05, 4.69) is 37.3 Å². The third kappa shape index (κ3) is 2.50. The van der Waals surface area contributed by atoms with Gasteiger partial charge in [0.15, 0.2) is 11.0 Å². The molecule has 0 N–H and O–H groups in total. The maximum absolute atomic E-state index is 12.5. The van der Waals surface area contributed by atoms with Gasteiger partial charge < -0.3 is 0 Å². The second kappa shape index (κ2) is 5.80. The Morgan fingerprint density at radius 3 is 2.55 bits per heavy atom. The van der Waals surface area contributed by atoms with E-state index >= 15 is 0 Å². The highest BCUT2D eigenvalue weighted by Gasteiger charge is 2.26. The molecule has 3 heteroatoms. The van der Waals surface area contributed by atoms with Crippen LogP contribution in [0.3, 0.4) is 0 Å². The van der Waals surface area contributed by atoms with Crippen molar-refractivity contribution in [2.75, 3.05) is 4.31 Å². The lowest BCUT2D eigenvalue weighted by atomic mass is 10.1. The summed E-state index contributed by atoms with van der Waals surface area (Å²) in [4.78, 5) is 0.947. The number of nitrogens with zero attached hydrogens (tertiary/aromatic N) is 1. The maximum Gasteiger partial charge on any atom is 0.153 e. The van der Waals surface area contributed by atoms with Crippen LogP contribution in [0.4, 0.5) is 5.69 Å². The molecule has 1 atom stereocenters. The van der Waals surface area contributed by atoms with Gasteiger partial charge in [-0.1, -0.05) is 43.7 Å². The molecule has 1 heterocycles. The number of fused-ring (bicyclic) bond motifs is 1. The summed E-state index contributed by atoms with van der Waals surface area (Å²) in [7, 11) is -1.07. The van der Waals surface area contributed by atoms with Crippen molar-refractivity contribution in [3.8, 4) is 0 Å². The molecule has 1 aliphatic rings. The molecule has 1 aliphatic heterocycles. The van der Waals surface area contributed by atoms with Crippen molar-refractivity contribution >= 4 is 16.7 Å². The lowest BCUT2D eigenvalue weighted by molar-refractivity contribution is 0.683. The van der Waals surface area contributed by atoms with Gasteiger partial charge in [0.2, 0.25) is 0 Å². The summed E-state index contributed by atoms with van der Waals surface area (Å²) in [6.45, 7) is 2.94. The second-order valence-electron chi connectivity index (χ2n) is 5.16. The van der Waals surface area contributed by atoms with Crippen molar-refractivity contribution < 1.29 is 4.21 Å². The quantitative estimate of drug-likeness (QED) is 0.829. The minimum atomic E-state index is -1.07. The fraction of sp³-hybridized carbons (Fsp3) is 0.294. The average Bonchev–Trinajstić information content (AvgIpc) is 2.83. The summed E-state index contributed by atoms with van der Waals surface area (Å²) in [6.07, 6.45) is 3.56. The number of hydrogen-bond acceptors (Lipinski definition) is 1. The Morgan fingerprint density at radius 2 is 1.85 bits per heavy atom. The predicted molar refractivity (Wildman–Crippen MR) is 84.1 cm³/mol. The van der Waals surface area contributed by atoms with Crippen molar-refractivity contribution in [3.63, 3.8) is 0 Å². The van der Waals surface area contributed by atoms with Crippen molar-refractivity contribution in [1.82, 2.24) is 0 Å². The smallest absolute Gasteiger partial charge is 0.153 e. The highest BCUT2D eigenvalue weighted by molar-refractivity contribution is 7.86. The zero-order valence-corrected chi connectivity index (χ0v) is 12.5. The molecule has 0 aliphatic carbocycles. The molecule has 3 rings (SSSR count). The summed E-state index contributed by atoms with van der Waals surface area (Å²) < 4.78 is 14.5. The van der Waals surface area contributed by atoms with Crippen LogP contribution in [0.25, 0.3) is 0 Å². The Balaban J connectivity index is 1.80. The van der Waals surface area contributed by atoms with Crippen LogP contribution in [0.2, 0.25) is 0 Å². The lowest BCUT2D eigenvalue weighted by Crippen LogP contribution is -2.17. The van der Waals surface area contributed by atoms with Crippen LogP contribution in [0.15, 0.2) is 53.4 Å². The first kappa shape index (κ1) is 13.4. The van der Waals surface area contributed by atoms with Gasteiger partial charge in [-0.2, -0.15) is 0 Å². The van der Waals surface area contributed by atoms with Crippen molar-refractivity contribution in [1.29, 1.82) is 0 Å². The molecule has 104 valence electrons. The summed E-state index contributed by atoms with van der Waals surface area (Å²) >= 11 is 0. The minimum Gasteiger partial charge on any atom is -0.283 e. The van der Waals surface area contributed by atoms with Crippen LogP contribution in [0.1, 0.15) is 30.9 Å². The van der Waals surface area contributed by atoms with Gasteiger partial charge in [-0.3, -0.25) is 4.31 Å².